The summed E-state index contributed by atoms with van der Waals surface area (Å²) in [7, 11) is 1.51. The predicted octanol–water partition coefficient (Wildman–Crippen LogP) is 6.34. The van der Waals surface area contributed by atoms with Gasteiger partial charge in [-0.2, -0.15) is 5.26 Å². The maximum absolute atomic E-state index is 12.7. The minimum atomic E-state index is -0.492. The molecule has 3 aromatic carbocycles. The maximum atomic E-state index is 12.7. The number of carbonyl (C=O) groups excluding carboxylic acids is 1. The number of carbonyl (C=O) groups is 1. The zero-order valence-corrected chi connectivity index (χ0v) is 19.6. The van der Waals surface area contributed by atoms with Crippen LogP contribution in [0.1, 0.15) is 29.2 Å². The van der Waals surface area contributed by atoms with E-state index in [0.29, 0.717) is 34.4 Å². The molecule has 0 aliphatic heterocycles. The Morgan fingerprint density at radius 1 is 1.15 bits per heavy atom. The number of nitriles is 1. The van der Waals surface area contributed by atoms with Gasteiger partial charge in [0.05, 0.1) is 12.1 Å². The van der Waals surface area contributed by atoms with Crippen LogP contribution < -0.4 is 14.8 Å². The van der Waals surface area contributed by atoms with Crippen molar-refractivity contribution in [3.8, 4) is 17.6 Å². The minimum Gasteiger partial charge on any atom is -0.493 e. The van der Waals surface area contributed by atoms with Gasteiger partial charge in [-0.15, -0.1) is 0 Å². The monoisotopic (exact) mass is 460 g/mol. The molecule has 0 aliphatic rings. The fraction of sp³-hybridized carbons (Fsp3) is 0.185. The van der Waals surface area contributed by atoms with Crippen molar-refractivity contribution in [1.82, 2.24) is 0 Å². The lowest BCUT2D eigenvalue weighted by atomic mass is 10.1. The van der Waals surface area contributed by atoms with Crippen LogP contribution in [0.15, 0.2) is 66.2 Å². The molecule has 0 saturated carbocycles. The number of halogens is 1. The highest BCUT2D eigenvalue weighted by molar-refractivity contribution is 6.32. The second-order valence-electron chi connectivity index (χ2n) is 7.45. The summed E-state index contributed by atoms with van der Waals surface area (Å²) in [6, 6.07) is 20.8. The first kappa shape index (κ1) is 23.9. The Kier molecular flexibility index (Phi) is 8.12. The molecule has 0 unspecified atom stereocenters. The number of benzene rings is 3. The summed E-state index contributed by atoms with van der Waals surface area (Å²) in [5.74, 6) is 0.321. The van der Waals surface area contributed by atoms with E-state index < -0.39 is 5.91 Å². The highest BCUT2D eigenvalue weighted by Gasteiger charge is 2.15. The molecule has 5 nitrogen and oxygen atoms in total. The molecule has 0 aromatic heterocycles. The number of hydrogen-bond donors (Lipinski definition) is 1. The number of ether oxygens (including phenoxy) is 2. The second-order valence-corrected chi connectivity index (χ2v) is 7.85. The van der Waals surface area contributed by atoms with Gasteiger partial charge in [0.15, 0.2) is 11.5 Å². The average Bonchev–Trinajstić information content (AvgIpc) is 2.81. The lowest BCUT2D eigenvalue weighted by Crippen LogP contribution is -2.14. The van der Waals surface area contributed by atoms with E-state index in [1.165, 1.54) is 13.2 Å². The second kappa shape index (κ2) is 11.2. The largest absolute Gasteiger partial charge is 0.493 e. The smallest absolute Gasteiger partial charge is 0.266 e. The Labute approximate surface area is 199 Å². The first-order valence-corrected chi connectivity index (χ1v) is 10.9. The van der Waals surface area contributed by atoms with E-state index >= 15 is 0 Å². The van der Waals surface area contributed by atoms with Crippen LogP contribution in [0.4, 0.5) is 5.69 Å². The number of methoxy groups -OCH3 is 1. The summed E-state index contributed by atoms with van der Waals surface area (Å²) < 4.78 is 11.4. The van der Waals surface area contributed by atoms with Crippen molar-refractivity contribution >= 4 is 29.3 Å². The first-order chi connectivity index (χ1) is 15.9. The number of aryl methyl sites for hydroxylation is 2. The molecule has 6 heteroatoms. The highest BCUT2D eigenvalue weighted by atomic mass is 35.5. The molecule has 0 spiro atoms. The molecule has 0 atom stereocenters. The van der Waals surface area contributed by atoms with Crippen LogP contribution in [0, 0.1) is 18.3 Å². The number of hydrogen-bond acceptors (Lipinski definition) is 4. The van der Waals surface area contributed by atoms with Crippen LogP contribution in [0.3, 0.4) is 0 Å². The zero-order valence-electron chi connectivity index (χ0n) is 18.8. The first-order valence-electron chi connectivity index (χ1n) is 10.5. The van der Waals surface area contributed by atoms with Gasteiger partial charge in [0, 0.05) is 5.69 Å². The Morgan fingerprint density at radius 2 is 1.94 bits per heavy atom. The molecule has 0 saturated heterocycles. The molecule has 1 N–H and O–H groups in total. The lowest BCUT2D eigenvalue weighted by Gasteiger charge is -2.14. The molecule has 0 aliphatic carbocycles. The number of para-hydroxylation sites is 1. The standard InChI is InChI=1S/C27H25ClN2O3/c1-4-21-10-5-6-11-24(21)30-27(31)22(16-29)13-20-14-23(28)26(25(15-20)32-3)33-17-19-9-7-8-18(2)12-19/h5-15H,4,17H2,1-3H3,(H,30,31)/b22-13+. The van der Waals surface area contributed by atoms with Crippen molar-refractivity contribution in [2.75, 3.05) is 12.4 Å². The van der Waals surface area contributed by atoms with Gasteiger partial charge < -0.3 is 14.8 Å². The quantitative estimate of drug-likeness (QED) is 0.314. The van der Waals surface area contributed by atoms with Gasteiger partial charge in [-0.05, 0) is 54.3 Å². The SMILES string of the molecule is CCc1ccccc1NC(=O)/C(C#N)=C/c1cc(Cl)c(OCc2cccc(C)c2)c(OC)c1. The summed E-state index contributed by atoms with van der Waals surface area (Å²) in [4.78, 5) is 12.7. The van der Waals surface area contributed by atoms with E-state index in [0.717, 1.165) is 23.1 Å². The number of nitrogens with zero attached hydrogens (tertiary/aromatic N) is 1. The number of rotatable bonds is 8. The molecule has 1 amide bonds. The van der Waals surface area contributed by atoms with Crippen LogP contribution >= 0.6 is 11.6 Å². The van der Waals surface area contributed by atoms with Crippen LogP contribution in [-0.4, -0.2) is 13.0 Å². The van der Waals surface area contributed by atoms with Crippen molar-refractivity contribution in [3.63, 3.8) is 0 Å². The summed E-state index contributed by atoms with van der Waals surface area (Å²) in [6.45, 7) is 4.35. The van der Waals surface area contributed by atoms with Crippen molar-refractivity contribution in [3.05, 3.63) is 93.5 Å². The lowest BCUT2D eigenvalue weighted by molar-refractivity contribution is -0.112. The highest BCUT2D eigenvalue weighted by Crippen LogP contribution is 2.37. The van der Waals surface area contributed by atoms with E-state index in [9.17, 15) is 10.1 Å². The number of anilines is 1. The van der Waals surface area contributed by atoms with Crippen LogP contribution in [0.25, 0.3) is 6.08 Å². The van der Waals surface area contributed by atoms with E-state index in [1.54, 1.807) is 12.1 Å². The Balaban J connectivity index is 1.83. The van der Waals surface area contributed by atoms with E-state index in [2.05, 4.69) is 5.32 Å². The third-order valence-corrected chi connectivity index (χ3v) is 5.32. The van der Waals surface area contributed by atoms with Crippen LogP contribution in [-0.2, 0) is 17.8 Å². The molecule has 0 bridgehead atoms. The van der Waals surface area contributed by atoms with Gasteiger partial charge in [0.2, 0.25) is 0 Å². The van der Waals surface area contributed by atoms with Crippen molar-refractivity contribution in [1.29, 1.82) is 5.26 Å². The third-order valence-electron chi connectivity index (χ3n) is 5.04. The van der Waals surface area contributed by atoms with Crippen LogP contribution in [0.5, 0.6) is 11.5 Å². The Bertz CT molecular complexity index is 1230. The average molecular weight is 461 g/mol. The molecule has 3 rings (SSSR count). The van der Waals surface area contributed by atoms with Crippen molar-refractivity contribution in [2.45, 2.75) is 26.9 Å². The molecular formula is C27H25ClN2O3. The van der Waals surface area contributed by atoms with Crippen LogP contribution in [0.2, 0.25) is 5.02 Å². The predicted molar refractivity (Wildman–Crippen MR) is 132 cm³/mol. The molecule has 0 heterocycles. The van der Waals surface area contributed by atoms with Gasteiger partial charge in [0.1, 0.15) is 18.2 Å². The summed E-state index contributed by atoms with van der Waals surface area (Å²) in [6.07, 6.45) is 2.24. The molecule has 168 valence electrons. The normalized spacial score (nSPS) is 10.9. The number of amides is 1. The van der Waals surface area contributed by atoms with Gasteiger partial charge in [-0.1, -0.05) is 66.6 Å². The zero-order chi connectivity index (χ0) is 23.8. The maximum Gasteiger partial charge on any atom is 0.266 e. The Hall–Kier alpha value is -3.75. The van der Waals surface area contributed by atoms with Crippen molar-refractivity contribution in [2.24, 2.45) is 0 Å². The molecular weight excluding hydrogens is 436 g/mol. The van der Waals surface area contributed by atoms with Gasteiger partial charge in [-0.25, -0.2) is 0 Å². The van der Waals surface area contributed by atoms with Gasteiger partial charge in [0.25, 0.3) is 5.91 Å². The molecule has 0 radical (unpaired) electrons. The summed E-state index contributed by atoms with van der Waals surface area (Å²) in [5.41, 5.74) is 4.32. The molecule has 33 heavy (non-hydrogen) atoms. The van der Waals surface area contributed by atoms with Gasteiger partial charge in [-0.3, -0.25) is 4.79 Å². The summed E-state index contributed by atoms with van der Waals surface area (Å²) >= 11 is 6.47. The minimum absolute atomic E-state index is 0.0487. The summed E-state index contributed by atoms with van der Waals surface area (Å²) in [5, 5.41) is 12.7. The fourth-order valence-corrected chi connectivity index (χ4v) is 3.65. The third kappa shape index (κ3) is 6.15. The van der Waals surface area contributed by atoms with Gasteiger partial charge >= 0.3 is 0 Å². The molecule has 0 fully saturated rings. The van der Waals surface area contributed by atoms with E-state index in [1.807, 2.05) is 68.4 Å². The van der Waals surface area contributed by atoms with E-state index in [-0.39, 0.29) is 5.57 Å². The Morgan fingerprint density at radius 3 is 2.64 bits per heavy atom. The fourth-order valence-electron chi connectivity index (χ4n) is 3.38. The molecule has 3 aromatic rings. The van der Waals surface area contributed by atoms with E-state index in [4.69, 9.17) is 21.1 Å². The topological polar surface area (TPSA) is 71.4 Å². The number of nitrogens with one attached hydrogen (secondary N) is 1. The van der Waals surface area contributed by atoms with Crippen molar-refractivity contribution < 1.29 is 14.3 Å².